The first kappa shape index (κ1) is 20.8. The van der Waals surface area contributed by atoms with Gasteiger partial charge in [-0.3, -0.25) is 4.79 Å². The van der Waals surface area contributed by atoms with E-state index in [0.29, 0.717) is 51.1 Å². The third-order valence-corrected chi connectivity index (χ3v) is 4.99. The Hall–Kier alpha value is -3.42. The highest BCUT2D eigenvalue weighted by atomic mass is 35.5. The number of ether oxygens (including phenoxy) is 1. The maximum atomic E-state index is 12.3. The molecule has 156 valence electrons. The summed E-state index contributed by atoms with van der Waals surface area (Å²) in [6, 6.07) is 15.6. The van der Waals surface area contributed by atoms with Gasteiger partial charge in [-0.2, -0.15) is 4.98 Å². The van der Waals surface area contributed by atoms with Crippen LogP contribution in [-0.4, -0.2) is 21.0 Å². The molecular formula is C22H16Cl2N4O3. The molecule has 1 N–H and O–H groups in total. The molecular weight excluding hydrogens is 439 g/mol. The minimum Gasteiger partial charge on any atom is -0.439 e. The number of aryl methyl sites for hydroxylation is 1. The molecule has 0 aliphatic heterocycles. The molecule has 2 heterocycles. The van der Waals surface area contributed by atoms with E-state index in [-0.39, 0.29) is 5.91 Å². The lowest BCUT2D eigenvalue weighted by Crippen LogP contribution is -2.12. The van der Waals surface area contributed by atoms with Crippen molar-refractivity contribution in [3.8, 4) is 11.6 Å². The van der Waals surface area contributed by atoms with Crippen molar-refractivity contribution >= 4 is 34.8 Å². The van der Waals surface area contributed by atoms with Crippen LogP contribution >= 0.6 is 23.2 Å². The molecule has 0 bridgehead atoms. The highest BCUT2D eigenvalue weighted by Crippen LogP contribution is 2.24. The van der Waals surface area contributed by atoms with E-state index < -0.39 is 0 Å². The van der Waals surface area contributed by atoms with E-state index in [1.54, 1.807) is 31.2 Å². The van der Waals surface area contributed by atoms with Crippen molar-refractivity contribution in [1.82, 2.24) is 15.1 Å². The van der Waals surface area contributed by atoms with Gasteiger partial charge in [-0.15, -0.1) is 0 Å². The highest BCUT2D eigenvalue weighted by molar-refractivity contribution is 6.42. The maximum absolute atomic E-state index is 12.3. The Labute approximate surface area is 188 Å². The van der Waals surface area contributed by atoms with Crippen molar-refractivity contribution in [1.29, 1.82) is 0 Å². The van der Waals surface area contributed by atoms with Crippen molar-refractivity contribution in [2.75, 3.05) is 5.32 Å². The van der Waals surface area contributed by atoms with E-state index >= 15 is 0 Å². The first-order valence-corrected chi connectivity index (χ1v) is 10.0. The summed E-state index contributed by atoms with van der Waals surface area (Å²) in [4.78, 5) is 20.8. The van der Waals surface area contributed by atoms with Crippen LogP contribution < -0.4 is 10.1 Å². The number of hydrogen-bond acceptors (Lipinski definition) is 6. The van der Waals surface area contributed by atoms with Crippen LogP contribution in [0, 0.1) is 6.92 Å². The molecule has 9 heteroatoms. The van der Waals surface area contributed by atoms with Gasteiger partial charge in [0.05, 0.1) is 21.9 Å². The third-order valence-electron chi connectivity index (χ3n) is 4.25. The van der Waals surface area contributed by atoms with Gasteiger partial charge in [-0.05, 0) is 42.0 Å². The van der Waals surface area contributed by atoms with Gasteiger partial charge in [0.2, 0.25) is 11.8 Å². The van der Waals surface area contributed by atoms with Crippen LogP contribution in [0.2, 0.25) is 10.0 Å². The number of anilines is 1. The zero-order valence-corrected chi connectivity index (χ0v) is 17.8. The van der Waals surface area contributed by atoms with Crippen LogP contribution in [-0.2, 0) is 6.42 Å². The lowest BCUT2D eigenvalue weighted by Gasteiger charge is -2.08. The molecule has 0 saturated heterocycles. The predicted molar refractivity (Wildman–Crippen MR) is 117 cm³/mol. The monoisotopic (exact) mass is 454 g/mol. The Morgan fingerprint density at radius 3 is 2.52 bits per heavy atom. The van der Waals surface area contributed by atoms with E-state index in [2.05, 4.69) is 20.4 Å². The summed E-state index contributed by atoms with van der Waals surface area (Å²) in [6.45, 7) is 1.75. The summed E-state index contributed by atoms with van der Waals surface area (Å²) >= 11 is 11.8. The van der Waals surface area contributed by atoms with Gasteiger partial charge in [-0.25, -0.2) is 4.98 Å². The van der Waals surface area contributed by atoms with Crippen LogP contribution in [0.1, 0.15) is 27.6 Å². The van der Waals surface area contributed by atoms with Crippen molar-refractivity contribution < 1.29 is 14.1 Å². The lowest BCUT2D eigenvalue weighted by atomic mass is 10.1. The number of hydrogen-bond donors (Lipinski definition) is 1. The van der Waals surface area contributed by atoms with Gasteiger partial charge < -0.3 is 14.6 Å². The fraction of sp³-hybridized carbons (Fsp3) is 0.0909. The van der Waals surface area contributed by atoms with Crippen LogP contribution in [0.5, 0.6) is 11.6 Å². The maximum Gasteiger partial charge on any atom is 0.255 e. The Balaban J connectivity index is 1.35. The molecule has 2 aromatic heterocycles. The fourth-order valence-electron chi connectivity index (χ4n) is 2.75. The van der Waals surface area contributed by atoms with Gasteiger partial charge in [0.25, 0.3) is 5.91 Å². The average molecular weight is 455 g/mol. The Kier molecular flexibility index (Phi) is 6.16. The van der Waals surface area contributed by atoms with Gasteiger partial charge in [0.15, 0.2) is 5.82 Å². The van der Waals surface area contributed by atoms with Gasteiger partial charge in [0.1, 0.15) is 5.75 Å². The van der Waals surface area contributed by atoms with E-state index in [9.17, 15) is 4.79 Å². The zero-order valence-electron chi connectivity index (χ0n) is 16.3. The molecule has 4 aromatic rings. The standard InChI is InChI=1S/C22H16Cl2N4O3/c1-13-26-20(28-31-13)10-14-2-6-17(7-3-14)30-21-9-5-16(12-25-21)27-22(29)15-4-8-18(23)19(24)11-15/h2-9,11-12H,10H2,1H3,(H,27,29). The second-order valence-electron chi connectivity index (χ2n) is 6.62. The molecule has 1 amide bonds. The van der Waals surface area contributed by atoms with Crippen molar-refractivity contribution in [2.24, 2.45) is 0 Å². The second-order valence-corrected chi connectivity index (χ2v) is 7.43. The largest absolute Gasteiger partial charge is 0.439 e. The third kappa shape index (κ3) is 5.39. The lowest BCUT2D eigenvalue weighted by molar-refractivity contribution is 0.102. The van der Waals surface area contributed by atoms with Crippen LogP contribution in [0.15, 0.2) is 65.3 Å². The van der Waals surface area contributed by atoms with Crippen LogP contribution in [0.25, 0.3) is 0 Å². The van der Waals surface area contributed by atoms with Crippen molar-refractivity contribution in [3.05, 3.63) is 93.7 Å². The van der Waals surface area contributed by atoms with E-state index in [4.69, 9.17) is 32.5 Å². The number of amides is 1. The molecule has 31 heavy (non-hydrogen) atoms. The van der Waals surface area contributed by atoms with Gasteiger partial charge in [-0.1, -0.05) is 40.5 Å². The molecule has 2 aromatic carbocycles. The minimum absolute atomic E-state index is 0.314. The van der Waals surface area contributed by atoms with Crippen molar-refractivity contribution in [3.63, 3.8) is 0 Å². The first-order valence-electron chi connectivity index (χ1n) is 9.25. The molecule has 0 fully saturated rings. The fourth-order valence-corrected chi connectivity index (χ4v) is 3.05. The zero-order chi connectivity index (χ0) is 21.8. The Bertz CT molecular complexity index is 1210. The number of carbonyl (C=O) groups is 1. The molecule has 0 radical (unpaired) electrons. The van der Waals surface area contributed by atoms with E-state index in [1.165, 1.54) is 12.3 Å². The summed E-state index contributed by atoms with van der Waals surface area (Å²) in [6.07, 6.45) is 2.08. The smallest absolute Gasteiger partial charge is 0.255 e. The number of benzene rings is 2. The predicted octanol–water partition coefficient (Wildman–Crippen LogP) is 5.72. The molecule has 4 rings (SSSR count). The number of rotatable bonds is 6. The summed E-state index contributed by atoms with van der Waals surface area (Å²) in [5, 5.41) is 7.34. The number of halogens is 2. The van der Waals surface area contributed by atoms with Gasteiger partial charge >= 0.3 is 0 Å². The first-order chi connectivity index (χ1) is 15.0. The summed E-state index contributed by atoms with van der Waals surface area (Å²) < 4.78 is 10.7. The molecule has 0 spiro atoms. The molecule has 7 nitrogen and oxygen atoms in total. The number of nitrogens with zero attached hydrogens (tertiary/aromatic N) is 3. The normalized spacial score (nSPS) is 10.7. The summed E-state index contributed by atoms with van der Waals surface area (Å²) in [7, 11) is 0. The topological polar surface area (TPSA) is 90.1 Å². The SMILES string of the molecule is Cc1nc(Cc2ccc(Oc3ccc(NC(=O)c4ccc(Cl)c(Cl)c4)cn3)cc2)no1. The number of pyridine rings is 1. The Morgan fingerprint density at radius 2 is 1.87 bits per heavy atom. The van der Waals surface area contributed by atoms with Crippen LogP contribution in [0.4, 0.5) is 5.69 Å². The summed E-state index contributed by atoms with van der Waals surface area (Å²) in [5.74, 6) is 1.88. The quantitative estimate of drug-likeness (QED) is 0.400. The highest BCUT2D eigenvalue weighted by Gasteiger charge is 2.09. The second kappa shape index (κ2) is 9.16. The molecule has 0 aliphatic rings. The number of nitrogens with one attached hydrogen (secondary N) is 1. The average Bonchev–Trinajstić information content (AvgIpc) is 3.17. The van der Waals surface area contributed by atoms with Gasteiger partial charge in [0, 0.05) is 25.0 Å². The van der Waals surface area contributed by atoms with E-state index in [0.717, 1.165) is 5.56 Å². The van der Waals surface area contributed by atoms with Crippen LogP contribution in [0.3, 0.4) is 0 Å². The Morgan fingerprint density at radius 1 is 1.06 bits per heavy atom. The molecule has 0 saturated carbocycles. The summed E-state index contributed by atoms with van der Waals surface area (Å²) in [5.41, 5.74) is 1.95. The minimum atomic E-state index is -0.318. The molecule has 0 atom stereocenters. The van der Waals surface area contributed by atoms with E-state index in [1.807, 2.05) is 24.3 Å². The number of aromatic nitrogens is 3. The molecule has 0 unspecified atom stereocenters. The van der Waals surface area contributed by atoms with Crippen molar-refractivity contribution in [2.45, 2.75) is 13.3 Å². The number of carbonyl (C=O) groups excluding carboxylic acids is 1. The molecule has 0 aliphatic carbocycles.